The molecule has 0 fully saturated rings. The van der Waals surface area contributed by atoms with Gasteiger partial charge >= 0.3 is 5.97 Å². The number of carbonyl (C=O) groups is 2. The van der Waals surface area contributed by atoms with E-state index in [1.54, 1.807) is 25.0 Å². The molecule has 33 heavy (non-hydrogen) atoms. The summed E-state index contributed by atoms with van der Waals surface area (Å²) in [4.78, 5) is 30.0. The van der Waals surface area contributed by atoms with Gasteiger partial charge in [0.25, 0.3) is 0 Å². The lowest BCUT2D eigenvalue weighted by atomic mass is 10.00. The number of aromatic nitrogens is 2. The molecular formula is C24H38N4O5. The van der Waals surface area contributed by atoms with Crippen molar-refractivity contribution in [3.63, 3.8) is 0 Å². The van der Waals surface area contributed by atoms with Crippen molar-refractivity contribution in [2.24, 2.45) is 5.92 Å². The van der Waals surface area contributed by atoms with Gasteiger partial charge in [-0.3, -0.25) is 4.79 Å². The van der Waals surface area contributed by atoms with Crippen molar-refractivity contribution in [3.8, 4) is 0 Å². The Morgan fingerprint density at radius 2 is 1.88 bits per heavy atom. The van der Waals surface area contributed by atoms with Gasteiger partial charge in [-0.1, -0.05) is 13.8 Å². The standard InChI is InChI=1S/C24H38N4O5/c1-15(2)11-19(29)27-20-18-12-17(26-16(3)13-24(4,5)33-8)14-25-22(18)28(9-10-31-6)21(20)23(30)32-7/h12,14-16,26H,9-11,13H2,1-8H3,(H,27,29). The molecule has 0 aliphatic rings. The van der Waals surface area contributed by atoms with E-state index >= 15 is 0 Å². The number of rotatable bonds is 12. The Morgan fingerprint density at radius 3 is 2.45 bits per heavy atom. The van der Waals surface area contributed by atoms with Crippen molar-refractivity contribution in [2.75, 3.05) is 38.6 Å². The first kappa shape index (κ1) is 26.6. The molecule has 2 rings (SSSR count). The second kappa shape index (κ2) is 11.5. The third-order valence-electron chi connectivity index (χ3n) is 5.42. The quantitative estimate of drug-likeness (QED) is 0.458. The number of hydrogen-bond donors (Lipinski definition) is 2. The molecule has 9 nitrogen and oxygen atoms in total. The van der Waals surface area contributed by atoms with Crippen molar-refractivity contribution in [3.05, 3.63) is 18.0 Å². The molecule has 1 atom stereocenters. The molecule has 1 amide bonds. The fourth-order valence-electron chi connectivity index (χ4n) is 3.86. The van der Waals surface area contributed by atoms with Crippen molar-refractivity contribution in [1.82, 2.24) is 9.55 Å². The summed E-state index contributed by atoms with van der Waals surface area (Å²) < 4.78 is 17.5. The van der Waals surface area contributed by atoms with Crippen LogP contribution in [-0.2, 0) is 25.5 Å². The van der Waals surface area contributed by atoms with Gasteiger partial charge in [-0.05, 0) is 39.2 Å². The Hall–Kier alpha value is -2.65. The first-order chi connectivity index (χ1) is 15.5. The number of nitrogens with one attached hydrogen (secondary N) is 2. The minimum Gasteiger partial charge on any atom is -0.464 e. The van der Waals surface area contributed by atoms with Crippen LogP contribution in [0.25, 0.3) is 11.0 Å². The first-order valence-corrected chi connectivity index (χ1v) is 11.2. The third kappa shape index (κ3) is 6.91. The molecule has 0 radical (unpaired) electrons. The normalized spacial score (nSPS) is 12.8. The molecule has 0 spiro atoms. The predicted octanol–water partition coefficient (Wildman–Crippen LogP) is 4.07. The average Bonchev–Trinajstić information content (AvgIpc) is 3.03. The molecule has 9 heteroatoms. The lowest BCUT2D eigenvalue weighted by Gasteiger charge is -2.27. The largest absolute Gasteiger partial charge is 0.464 e. The Kier molecular flexibility index (Phi) is 9.25. The van der Waals surface area contributed by atoms with Crippen LogP contribution in [0.2, 0.25) is 0 Å². The monoisotopic (exact) mass is 462 g/mol. The number of hydrogen-bond acceptors (Lipinski definition) is 7. The second-order valence-corrected chi connectivity index (χ2v) is 9.31. The molecular weight excluding hydrogens is 424 g/mol. The molecule has 2 N–H and O–H groups in total. The number of nitrogens with zero attached hydrogens (tertiary/aromatic N) is 2. The molecule has 0 aliphatic heterocycles. The molecule has 0 aliphatic carbocycles. The Balaban J connectivity index is 2.56. The van der Waals surface area contributed by atoms with Gasteiger partial charge in [0.15, 0.2) is 5.69 Å². The van der Waals surface area contributed by atoms with E-state index in [0.29, 0.717) is 36.3 Å². The molecule has 0 saturated carbocycles. The number of esters is 1. The number of carbonyl (C=O) groups excluding carboxylic acids is 2. The van der Waals surface area contributed by atoms with Crippen molar-refractivity contribution < 1.29 is 23.8 Å². The van der Waals surface area contributed by atoms with E-state index < -0.39 is 5.97 Å². The highest BCUT2D eigenvalue weighted by atomic mass is 16.5. The summed E-state index contributed by atoms with van der Waals surface area (Å²) >= 11 is 0. The molecule has 0 bridgehead atoms. The van der Waals surface area contributed by atoms with E-state index in [-0.39, 0.29) is 29.2 Å². The summed E-state index contributed by atoms with van der Waals surface area (Å²) in [5, 5.41) is 7.04. The number of anilines is 2. The molecule has 184 valence electrons. The van der Waals surface area contributed by atoms with Crippen LogP contribution in [-0.4, -0.2) is 61.0 Å². The van der Waals surface area contributed by atoms with Gasteiger partial charge in [0.05, 0.1) is 36.9 Å². The number of fused-ring (bicyclic) bond motifs is 1. The Labute approximate surface area is 196 Å². The lowest BCUT2D eigenvalue weighted by Crippen LogP contribution is -2.31. The van der Waals surface area contributed by atoms with Crippen LogP contribution in [0, 0.1) is 5.92 Å². The number of methoxy groups -OCH3 is 3. The molecule has 0 aromatic carbocycles. The summed E-state index contributed by atoms with van der Waals surface area (Å²) in [6.07, 6.45) is 2.84. The molecule has 0 saturated heterocycles. The van der Waals surface area contributed by atoms with E-state index in [2.05, 4.69) is 22.5 Å². The van der Waals surface area contributed by atoms with E-state index in [1.807, 2.05) is 33.8 Å². The maximum Gasteiger partial charge on any atom is 0.356 e. The summed E-state index contributed by atoms with van der Waals surface area (Å²) in [7, 11) is 4.61. The zero-order chi connectivity index (χ0) is 24.8. The van der Waals surface area contributed by atoms with Crippen LogP contribution >= 0.6 is 0 Å². The lowest BCUT2D eigenvalue weighted by molar-refractivity contribution is -0.116. The fraction of sp³-hybridized carbons (Fsp3) is 0.625. The summed E-state index contributed by atoms with van der Waals surface area (Å²) in [5.74, 6) is -0.544. The predicted molar refractivity (Wildman–Crippen MR) is 130 cm³/mol. The van der Waals surface area contributed by atoms with Gasteiger partial charge in [-0.2, -0.15) is 0 Å². The van der Waals surface area contributed by atoms with Gasteiger partial charge < -0.3 is 29.4 Å². The van der Waals surface area contributed by atoms with Crippen LogP contribution in [0.1, 0.15) is 57.9 Å². The van der Waals surface area contributed by atoms with Crippen LogP contribution in [0.5, 0.6) is 0 Å². The Morgan fingerprint density at radius 1 is 1.18 bits per heavy atom. The summed E-state index contributed by atoms with van der Waals surface area (Å²) in [5.41, 5.74) is 1.73. The van der Waals surface area contributed by atoms with Crippen LogP contribution in [0.4, 0.5) is 11.4 Å². The third-order valence-corrected chi connectivity index (χ3v) is 5.42. The fourth-order valence-corrected chi connectivity index (χ4v) is 3.86. The van der Waals surface area contributed by atoms with Gasteiger partial charge in [-0.15, -0.1) is 0 Å². The molecule has 1 unspecified atom stereocenters. The van der Waals surface area contributed by atoms with Crippen molar-refractivity contribution in [2.45, 2.75) is 65.6 Å². The smallest absolute Gasteiger partial charge is 0.356 e. The minimum atomic E-state index is -0.548. The van der Waals surface area contributed by atoms with Gasteiger partial charge in [0.2, 0.25) is 5.91 Å². The highest BCUT2D eigenvalue weighted by molar-refractivity contribution is 6.11. The number of amides is 1. The van der Waals surface area contributed by atoms with Gasteiger partial charge in [0, 0.05) is 38.6 Å². The van der Waals surface area contributed by atoms with Crippen LogP contribution in [0.15, 0.2) is 12.3 Å². The van der Waals surface area contributed by atoms with Crippen molar-refractivity contribution >= 4 is 34.3 Å². The zero-order valence-electron chi connectivity index (χ0n) is 21.1. The zero-order valence-corrected chi connectivity index (χ0v) is 21.1. The number of pyridine rings is 1. The highest BCUT2D eigenvalue weighted by Gasteiger charge is 2.27. The summed E-state index contributed by atoms with van der Waals surface area (Å²) in [6.45, 7) is 10.8. The molecule has 2 aromatic heterocycles. The first-order valence-electron chi connectivity index (χ1n) is 11.2. The van der Waals surface area contributed by atoms with Crippen molar-refractivity contribution in [1.29, 1.82) is 0 Å². The molecule has 2 aromatic rings. The second-order valence-electron chi connectivity index (χ2n) is 9.31. The maximum atomic E-state index is 12.8. The number of ether oxygens (including phenoxy) is 3. The van der Waals surface area contributed by atoms with E-state index in [4.69, 9.17) is 14.2 Å². The van der Waals surface area contributed by atoms with Gasteiger partial charge in [-0.25, -0.2) is 9.78 Å². The minimum absolute atomic E-state index is 0.105. The summed E-state index contributed by atoms with van der Waals surface area (Å²) in [6, 6.07) is 2.01. The van der Waals surface area contributed by atoms with Gasteiger partial charge in [0.1, 0.15) is 5.65 Å². The topological polar surface area (TPSA) is 104 Å². The van der Waals surface area contributed by atoms with E-state index in [0.717, 1.165) is 12.1 Å². The average molecular weight is 463 g/mol. The maximum absolute atomic E-state index is 12.8. The van der Waals surface area contributed by atoms with E-state index in [9.17, 15) is 9.59 Å². The van der Waals surface area contributed by atoms with Crippen LogP contribution in [0.3, 0.4) is 0 Å². The highest BCUT2D eigenvalue weighted by Crippen LogP contribution is 2.33. The molecule has 2 heterocycles. The van der Waals surface area contributed by atoms with E-state index in [1.165, 1.54) is 7.11 Å². The van der Waals surface area contributed by atoms with Crippen LogP contribution < -0.4 is 10.6 Å². The Bertz CT molecular complexity index is 967. The SMILES string of the molecule is COCCn1c(C(=O)OC)c(NC(=O)CC(C)C)c2cc(NC(C)CC(C)(C)OC)cnc21.